The number of nitrogens with two attached hydrogens (primary N) is 1. The minimum Gasteiger partial charge on any atom is -0.493 e. The third-order valence-electron chi connectivity index (χ3n) is 6.41. The number of rotatable bonds is 8. The second kappa shape index (κ2) is 11.0. The topological polar surface area (TPSA) is 100 Å². The molecule has 0 radical (unpaired) electrons. The Balaban J connectivity index is 1.47. The van der Waals surface area contributed by atoms with Crippen molar-refractivity contribution in [3.05, 3.63) is 114 Å². The molecule has 0 aliphatic carbocycles. The van der Waals surface area contributed by atoms with Crippen LogP contribution in [0.15, 0.2) is 91.5 Å². The van der Waals surface area contributed by atoms with Crippen LogP contribution in [0.2, 0.25) is 0 Å². The zero-order valence-electron chi connectivity index (χ0n) is 21.2. The number of alkyl halides is 3. The number of nitrogens with zero attached hydrogens (tertiary/aromatic N) is 3. The van der Waals surface area contributed by atoms with Crippen LogP contribution in [-0.4, -0.2) is 28.0 Å². The summed E-state index contributed by atoms with van der Waals surface area (Å²) in [4.78, 5) is 25.3. The van der Waals surface area contributed by atoms with Crippen LogP contribution in [0.3, 0.4) is 0 Å². The lowest BCUT2D eigenvalue weighted by atomic mass is 9.89. The third-order valence-corrected chi connectivity index (χ3v) is 6.41. The van der Waals surface area contributed by atoms with Gasteiger partial charge in [0.05, 0.1) is 29.8 Å². The van der Waals surface area contributed by atoms with Gasteiger partial charge in [-0.1, -0.05) is 42.5 Å². The number of pyridine rings is 1. The lowest BCUT2D eigenvalue weighted by Gasteiger charge is -2.16. The van der Waals surface area contributed by atoms with Crippen molar-refractivity contribution in [3.8, 4) is 22.8 Å². The molecule has 0 aliphatic rings. The van der Waals surface area contributed by atoms with Crippen molar-refractivity contribution < 1.29 is 27.4 Å². The Morgan fingerprint density at radius 1 is 0.950 bits per heavy atom. The van der Waals surface area contributed by atoms with E-state index in [4.69, 9.17) is 15.2 Å². The van der Waals surface area contributed by atoms with Gasteiger partial charge in [-0.3, -0.25) is 9.78 Å². The molecule has 2 heterocycles. The number of carbonyl (C=O) groups is 1. The highest BCUT2D eigenvalue weighted by Gasteiger charge is 2.31. The Morgan fingerprint density at radius 3 is 2.25 bits per heavy atom. The fourth-order valence-electron chi connectivity index (χ4n) is 4.43. The molecule has 1 atom stereocenters. The number of hydrogen-bond donors (Lipinski definition) is 1. The van der Waals surface area contributed by atoms with Gasteiger partial charge in [-0.15, -0.1) is 0 Å². The Kier molecular flexibility index (Phi) is 7.33. The Morgan fingerprint density at radius 2 is 1.65 bits per heavy atom. The van der Waals surface area contributed by atoms with Gasteiger partial charge in [-0.05, 0) is 35.4 Å². The molecule has 5 rings (SSSR count). The highest BCUT2D eigenvalue weighted by Crippen LogP contribution is 2.37. The number of carbonyl (C=O) groups excluding carboxylic acids is 1. The van der Waals surface area contributed by atoms with Crippen molar-refractivity contribution in [1.82, 2.24) is 15.0 Å². The Bertz CT molecular complexity index is 1640. The molecule has 0 spiro atoms. The quantitative estimate of drug-likeness (QED) is 0.261. The van der Waals surface area contributed by atoms with Crippen molar-refractivity contribution in [2.24, 2.45) is 5.73 Å². The first-order valence-corrected chi connectivity index (χ1v) is 12.2. The van der Waals surface area contributed by atoms with Gasteiger partial charge in [0.15, 0.2) is 11.5 Å². The molecular weight excluding hydrogens is 521 g/mol. The van der Waals surface area contributed by atoms with E-state index in [1.807, 2.05) is 18.2 Å². The summed E-state index contributed by atoms with van der Waals surface area (Å²) in [6, 6.07) is 18.7. The lowest BCUT2D eigenvalue weighted by Crippen LogP contribution is -2.22. The first-order chi connectivity index (χ1) is 19.2. The van der Waals surface area contributed by atoms with Crippen LogP contribution in [0.1, 0.15) is 28.2 Å². The number of primary amides is 1. The summed E-state index contributed by atoms with van der Waals surface area (Å²) in [5.41, 5.74) is 8.64. The average Bonchev–Trinajstić information content (AvgIpc) is 2.96. The molecule has 40 heavy (non-hydrogen) atoms. The second-order valence-electron chi connectivity index (χ2n) is 8.97. The predicted molar refractivity (Wildman–Crippen MR) is 143 cm³/mol. The van der Waals surface area contributed by atoms with E-state index in [2.05, 4.69) is 15.0 Å². The Labute approximate surface area is 227 Å². The Hall–Kier alpha value is -4.99. The number of ether oxygens (including phenoxy) is 2. The van der Waals surface area contributed by atoms with Crippen LogP contribution in [-0.2, 0) is 17.6 Å². The number of methoxy groups -OCH3 is 1. The summed E-state index contributed by atoms with van der Waals surface area (Å²) < 4.78 is 50.5. The fraction of sp³-hybridized carbons (Fsp3) is 0.133. The van der Waals surface area contributed by atoms with Crippen LogP contribution in [0, 0.1) is 0 Å². The predicted octanol–water partition coefficient (Wildman–Crippen LogP) is 5.92. The average molecular weight is 545 g/mol. The van der Waals surface area contributed by atoms with E-state index < -0.39 is 23.6 Å². The maximum Gasteiger partial charge on any atom is 0.416 e. The number of hydrogen-bond acceptors (Lipinski definition) is 6. The number of aromatic nitrogens is 3. The number of halogens is 3. The maximum absolute atomic E-state index is 13.0. The van der Waals surface area contributed by atoms with Gasteiger partial charge < -0.3 is 15.2 Å². The van der Waals surface area contributed by atoms with Gasteiger partial charge >= 0.3 is 6.18 Å². The van der Waals surface area contributed by atoms with Crippen molar-refractivity contribution in [2.75, 3.05) is 7.11 Å². The van der Waals surface area contributed by atoms with Gasteiger partial charge in [0.2, 0.25) is 5.91 Å². The van der Waals surface area contributed by atoms with E-state index in [1.165, 1.54) is 18.5 Å². The smallest absolute Gasteiger partial charge is 0.416 e. The van der Waals surface area contributed by atoms with E-state index in [9.17, 15) is 18.0 Å². The largest absolute Gasteiger partial charge is 0.493 e. The highest BCUT2D eigenvalue weighted by atomic mass is 19.4. The van der Waals surface area contributed by atoms with E-state index >= 15 is 0 Å². The first kappa shape index (κ1) is 26.6. The van der Waals surface area contributed by atoms with Gasteiger partial charge in [0, 0.05) is 35.0 Å². The lowest BCUT2D eigenvalue weighted by molar-refractivity contribution is -0.137. The SMILES string of the molecule is COc1cc2ncnc(-c3ccc(C(C(N)=O)c4ccc(C(F)(F)F)cc4)cc3)c2cc1OCc1cccnc1. The number of benzene rings is 3. The molecule has 202 valence electrons. The van der Waals surface area contributed by atoms with Gasteiger partial charge in [0.25, 0.3) is 0 Å². The van der Waals surface area contributed by atoms with Crippen molar-refractivity contribution in [2.45, 2.75) is 18.7 Å². The highest BCUT2D eigenvalue weighted by molar-refractivity contribution is 5.94. The van der Waals surface area contributed by atoms with E-state index in [0.717, 1.165) is 23.3 Å². The van der Waals surface area contributed by atoms with Gasteiger partial charge in [-0.2, -0.15) is 13.2 Å². The molecule has 2 aromatic heterocycles. The maximum atomic E-state index is 13.0. The minimum atomic E-state index is -4.48. The summed E-state index contributed by atoms with van der Waals surface area (Å²) >= 11 is 0. The fourth-order valence-corrected chi connectivity index (χ4v) is 4.43. The molecule has 0 aliphatic heterocycles. The molecule has 0 saturated carbocycles. The van der Waals surface area contributed by atoms with Gasteiger partial charge in [-0.25, -0.2) is 9.97 Å². The number of amides is 1. The first-order valence-electron chi connectivity index (χ1n) is 12.2. The van der Waals surface area contributed by atoms with Crippen LogP contribution < -0.4 is 15.2 Å². The molecular formula is C30H23F3N4O3. The van der Waals surface area contributed by atoms with Crippen molar-refractivity contribution in [1.29, 1.82) is 0 Å². The molecule has 7 nitrogen and oxygen atoms in total. The van der Waals surface area contributed by atoms with E-state index in [1.54, 1.807) is 49.8 Å². The van der Waals surface area contributed by atoms with Crippen LogP contribution in [0.4, 0.5) is 13.2 Å². The molecule has 10 heteroatoms. The summed E-state index contributed by atoms with van der Waals surface area (Å²) in [5, 5.41) is 0.714. The molecule has 1 amide bonds. The second-order valence-corrected chi connectivity index (χ2v) is 8.97. The minimum absolute atomic E-state index is 0.284. The summed E-state index contributed by atoms with van der Waals surface area (Å²) in [6.45, 7) is 0.284. The molecule has 3 aromatic carbocycles. The summed E-state index contributed by atoms with van der Waals surface area (Å²) in [5.74, 6) is -0.586. The van der Waals surface area contributed by atoms with Crippen molar-refractivity contribution >= 4 is 16.8 Å². The molecule has 0 bridgehead atoms. The molecule has 0 fully saturated rings. The molecule has 1 unspecified atom stereocenters. The normalized spacial score (nSPS) is 12.2. The molecule has 2 N–H and O–H groups in total. The zero-order chi connectivity index (χ0) is 28.3. The van der Waals surface area contributed by atoms with Crippen molar-refractivity contribution in [3.63, 3.8) is 0 Å². The standard InChI is InChI=1S/C30H23F3N4O3/c1-39-25-14-24-23(13-26(25)40-16-18-3-2-12-35-15-18)28(37-17-36-24)21-6-4-19(5-7-21)27(29(34)38)20-8-10-22(11-9-20)30(31,32)33/h2-15,17,27H,16H2,1H3,(H2,34,38). The molecule has 5 aromatic rings. The molecule has 0 saturated heterocycles. The van der Waals surface area contributed by atoms with Crippen LogP contribution in [0.5, 0.6) is 11.5 Å². The third kappa shape index (κ3) is 5.56. The van der Waals surface area contributed by atoms with E-state index in [-0.39, 0.29) is 6.61 Å². The summed E-state index contributed by atoms with van der Waals surface area (Å²) in [6.07, 6.45) is 0.365. The summed E-state index contributed by atoms with van der Waals surface area (Å²) in [7, 11) is 1.55. The zero-order valence-corrected chi connectivity index (χ0v) is 21.2. The van der Waals surface area contributed by atoms with Gasteiger partial charge in [0.1, 0.15) is 12.9 Å². The number of fused-ring (bicyclic) bond motifs is 1. The monoisotopic (exact) mass is 544 g/mol. The van der Waals surface area contributed by atoms with Crippen LogP contribution >= 0.6 is 0 Å². The van der Waals surface area contributed by atoms with Crippen LogP contribution in [0.25, 0.3) is 22.2 Å². The van der Waals surface area contributed by atoms with E-state index in [0.29, 0.717) is 39.2 Å².